The Bertz CT molecular complexity index is 1140. The highest BCUT2D eigenvalue weighted by Crippen LogP contribution is 2.42. The van der Waals surface area contributed by atoms with Gasteiger partial charge < -0.3 is 9.84 Å². The predicted octanol–water partition coefficient (Wildman–Crippen LogP) is 4.02. The molecule has 1 aliphatic rings. The lowest BCUT2D eigenvalue weighted by Crippen LogP contribution is -2.29. The van der Waals surface area contributed by atoms with E-state index >= 15 is 0 Å². The molecule has 30 heavy (non-hydrogen) atoms. The number of anilines is 1. The van der Waals surface area contributed by atoms with Gasteiger partial charge in [0.25, 0.3) is 11.7 Å². The number of aromatic nitrogens is 1. The van der Waals surface area contributed by atoms with Crippen molar-refractivity contribution in [2.45, 2.75) is 13.0 Å². The van der Waals surface area contributed by atoms with Crippen LogP contribution in [0.25, 0.3) is 5.76 Å². The summed E-state index contributed by atoms with van der Waals surface area (Å²) in [5.74, 6) is -1.16. The molecule has 0 bridgehead atoms. The molecule has 6 nitrogen and oxygen atoms in total. The normalized spacial score (nSPS) is 17.9. The molecule has 1 N–H and O–H groups in total. The third-order valence-corrected chi connectivity index (χ3v) is 5.10. The van der Waals surface area contributed by atoms with E-state index < -0.39 is 17.7 Å². The van der Waals surface area contributed by atoms with Crippen molar-refractivity contribution in [2.75, 3.05) is 12.0 Å². The fraction of sp³-hybridized carbons (Fsp3) is 0.125. The van der Waals surface area contributed by atoms with E-state index in [-0.39, 0.29) is 11.3 Å². The number of aliphatic hydroxyl groups excluding tert-OH is 1. The van der Waals surface area contributed by atoms with Gasteiger partial charge in [-0.3, -0.25) is 19.5 Å². The Balaban J connectivity index is 1.93. The highest BCUT2D eigenvalue weighted by molar-refractivity contribution is 6.51. The van der Waals surface area contributed by atoms with Crippen molar-refractivity contribution in [3.8, 4) is 5.75 Å². The Hall–Kier alpha value is -3.93. The van der Waals surface area contributed by atoms with Crippen LogP contribution in [0.15, 0.2) is 78.6 Å². The number of carbonyl (C=O) groups excluding carboxylic acids is 2. The van der Waals surface area contributed by atoms with E-state index in [0.29, 0.717) is 22.6 Å². The lowest BCUT2D eigenvalue weighted by atomic mass is 9.96. The van der Waals surface area contributed by atoms with Gasteiger partial charge in [-0.25, -0.2) is 0 Å². The zero-order valence-electron chi connectivity index (χ0n) is 16.6. The van der Waals surface area contributed by atoms with Crippen LogP contribution in [0.4, 0.5) is 5.69 Å². The average molecular weight is 400 g/mol. The Kier molecular flexibility index (Phi) is 5.06. The van der Waals surface area contributed by atoms with Crippen LogP contribution in [0, 0.1) is 6.92 Å². The first-order valence-electron chi connectivity index (χ1n) is 9.43. The maximum atomic E-state index is 13.0. The van der Waals surface area contributed by atoms with Crippen molar-refractivity contribution in [2.24, 2.45) is 0 Å². The average Bonchev–Trinajstić information content (AvgIpc) is 3.05. The molecule has 1 atom stereocenters. The number of ether oxygens (including phenoxy) is 1. The van der Waals surface area contributed by atoms with Gasteiger partial charge in [-0.1, -0.05) is 35.9 Å². The summed E-state index contributed by atoms with van der Waals surface area (Å²) < 4.78 is 5.22. The largest absolute Gasteiger partial charge is 0.507 e. The van der Waals surface area contributed by atoms with Crippen molar-refractivity contribution in [3.05, 3.63) is 95.3 Å². The quantitative estimate of drug-likeness (QED) is 0.406. The van der Waals surface area contributed by atoms with Crippen LogP contribution in [0.2, 0.25) is 0 Å². The molecule has 0 spiro atoms. The number of methoxy groups -OCH3 is 1. The van der Waals surface area contributed by atoms with Crippen molar-refractivity contribution >= 4 is 23.1 Å². The van der Waals surface area contributed by atoms with Crippen LogP contribution in [-0.4, -0.2) is 28.9 Å². The number of rotatable bonds is 4. The number of Topliss-reactive ketones (excluding diaryl/α,β-unsaturated/α-hetero) is 1. The highest BCUT2D eigenvalue weighted by atomic mass is 16.5. The summed E-state index contributed by atoms with van der Waals surface area (Å²) in [6, 6.07) is 16.8. The monoisotopic (exact) mass is 400 g/mol. The Labute approximate surface area is 174 Å². The summed E-state index contributed by atoms with van der Waals surface area (Å²) in [7, 11) is 1.52. The molecule has 1 saturated heterocycles. The predicted molar refractivity (Wildman–Crippen MR) is 113 cm³/mol. The van der Waals surface area contributed by atoms with E-state index in [4.69, 9.17) is 4.74 Å². The van der Waals surface area contributed by atoms with E-state index in [2.05, 4.69) is 4.98 Å². The van der Waals surface area contributed by atoms with Gasteiger partial charge in [0.15, 0.2) is 0 Å². The lowest BCUT2D eigenvalue weighted by Gasteiger charge is -2.25. The molecule has 3 aromatic rings. The topological polar surface area (TPSA) is 79.7 Å². The minimum absolute atomic E-state index is 0.0156. The van der Waals surface area contributed by atoms with Gasteiger partial charge >= 0.3 is 0 Å². The van der Waals surface area contributed by atoms with Gasteiger partial charge in [0, 0.05) is 23.6 Å². The van der Waals surface area contributed by atoms with E-state index in [0.717, 1.165) is 5.56 Å². The molecule has 150 valence electrons. The van der Waals surface area contributed by atoms with Crippen LogP contribution in [0.3, 0.4) is 0 Å². The summed E-state index contributed by atoms with van der Waals surface area (Å²) in [4.78, 5) is 31.6. The van der Waals surface area contributed by atoms with Crippen molar-refractivity contribution in [1.29, 1.82) is 0 Å². The first kappa shape index (κ1) is 19.4. The number of nitrogens with zero attached hydrogens (tertiary/aromatic N) is 2. The summed E-state index contributed by atoms with van der Waals surface area (Å²) in [5, 5.41) is 11.1. The first-order valence-corrected chi connectivity index (χ1v) is 9.43. The van der Waals surface area contributed by atoms with Crippen LogP contribution in [0.1, 0.15) is 22.7 Å². The smallest absolute Gasteiger partial charge is 0.300 e. The first-order chi connectivity index (χ1) is 14.5. The molecule has 1 unspecified atom stereocenters. The standard InChI is InChI=1S/C24H20N2O4/c1-15-8-10-18(11-9-15)26-21(17-6-4-12-25-14-17)20(23(28)24(26)29)22(27)16-5-3-7-19(13-16)30-2/h3-14,21,27H,1-2H3/b22-20-. The molecule has 4 rings (SSSR count). The molecular formula is C24H20N2O4. The van der Waals surface area contributed by atoms with Crippen LogP contribution >= 0.6 is 0 Å². The SMILES string of the molecule is COc1cccc(/C(O)=C2/C(=O)C(=O)N(c3ccc(C)cc3)C2c2cccnc2)c1. The summed E-state index contributed by atoms with van der Waals surface area (Å²) in [5.41, 5.74) is 2.64. The van der Waals surface area contributed by atoms with Gasteiger partial charge in [0.05, 0.1) is 18.7 Å². The summed E-state index contributed by atoms with van der Waals surface area (Å²) in [6.07, 6.45) is 3.21. The lowest BCUT2D eigenvalue weighted by molar-refractivity contribution is -0.132. The second-order valence-corrected chi connectivity index (χ2v) is 7.02. The molecule has 1 aromatic heterocycles. The number of aryl methyl sites for hydroxylation is 1. The number of hydrogen-bond donors (Lipinski definition) is 1. The number of carbonyl (C=O) groups is 2. The molecule has 6 heteroatoms. The van der Waals surface area contributed by atoms with Gasteiger partial charge in [-0.05, 0) is 42.8 Å². The Morgan fingerprint density at radius 1 is 1.07 bits per heavy atom. The molecule has 2 aromatic carbocycles. The van der Waals surface area contributed by atoms with Gasteiger partial charge in [0.2, 0.25) is 0 Å². The molecule has 0 aliphatic carbocycles. The fourth-order valence-electron chi connectivity index (χ4n) is 3.58. The molecule has 1 amide bonds. The Morgan fingerprint density at radius 3 is 2.50 bits per heavy atom. The minimum atomic E-state index is -0.799. The number of aliphatic hydroxyl groups is 1. The van der Waals surface area contributed by atoms with Crippen LogP contribution in [0.5, 0.6) is 5.75 Å². The van der Waals surface area contributed by atoms with E-state index in [1.165, 1.54) is 12.0 Å². The zero-order chi connectivity index (χ0) is 21.3. The minimum Gasteiger partial charge on any atom is -0.507 e. The van der Waals surface area contributed by atoms with E-state index in [1.807, 2.05) is 19.1 Å². The molecule has 1 aliphatic heterocycles. The molecule has 1 fully saturated rings. The highest BCUT2D eigenvalue weighted by Gasteiger charge is 2.47. The third kappa shape index (κ3) is 3.33. The van der Waals surface area contributed by atoms with Crippen LogP contribution < -0.4 is 9.64 Å². The van der Waals surface area contributed by atoms with Crippen LogP contribution in [-0.2, 0) is 9.59 Å². The molecule has 0 radical (unpaired) electrons. The number of hydrogen-bond acceptors (Lipinski definition) is 5. The van der Waals surface area contributed by atoms with Crippen molar-refractivity contribution in [1.82, 2.24) is 4.98 Å². The number of ketones is 1. The molecular weight excluding hydrogens is 380 g/mol. The Morgan fingerprint density at radius 2 is 1.83 bits per heavy atom. The maximum Gasteiger partial charge on any atom is 0.300 e. The number of pyridine rings is 1. The maximum absolute atomic E-state index is 13.0. The second-order valence-electron chi connectivity index (χ2n) is 7.02. The second kappa shape index (κ2) is 7.83. The summed E-state index contributed by atoms with van der Waals surface area (Å²) >= 11 is 0. The summed E-state index contributed by atoms with van der Waals surface area (Å²) in [6.45, 7) is 1.94. The molecule has 0 saturated carbocycles. The number of amides is 1. The molecule has 2 heterocycles. The third-order valence-electron chi connectivity index (χ3n) is 5.10. The van der Waals surface area contributed by atoms with E-state index in [1.54, 1.807) is 60.9 Å². The van der Waals surface area contributed by atoms with Gasteiger partial charge in [-0.2, -0.15) is 0 Å². The van der Waals surface area contributed by atoms with Gasteiger partial charge in [0.1, 0.15) is 11.5 Å². The fourth-order valence-corrected chi connectivity index (χ4v) is 3.58. The van der Waals surface area contributed by atoms with Crippen molar-refractivity contribution < 1.29 is 19.4 Å². The number of benzene rings is 2. The van der Waals surface area contributed by atoms with Crippen molar-refractivity contribution in [3.63, 3.8) is 0 Å². The van der Waals surface area contributed by atoms with E-state index in [9.17, 15) is 14.7 Å². The zero-order valence-corrected chi connectivity index (χ0v) is 16.6. The van der Waals surface area contributed by atoms with Gasteiger partial charge in [-0.15, -0.1) is 0 Å².